The predicted molar refractivity (Wildman–Crippen MR) is 105 cm³/mol. The number of anilines is 1. The first-order valence-electron chi connectivity index (χ1n) is 9.73. The van der Waals surface area contributed by atoms with Gasteiger partial charge in [-0.1, -0.05) is 6.58 Å². The van der Waals surface area contributed by atoms with Gasteiger partial charge in [-0.05, 0) is 68.4 Å². The maximum absolute atomic E-state index is 13.5. The molecular formula is C20H25N3O4S. The lowest BCUT2D eigenvalue weighted by Gasteiger charge is -2.54. The van der Waals surface area contributed by atoms with Gasteiger partial charge in [-0.15, -0.1) is 0 Å². The highest BCUT2D eigenvalue weighted by Gasteiger charge is 2.51. The van der Waals surface area contributed by atoms with Crippen LogP contribution in [0.25, 0.3) is 0 Å². The van der Waals surface area contributed by atoms with Crippen molar-refractivity contribution < 1.29 is 18.0 Å². The molecule has 150 valence electrons. The van der Waals surface area contributed by atoms with Gasteiger partial charge < -0.3 is 10.6 Å². The Balaban J connectivity index is 1.60. The molecular weight excluding hydrogens is 378 g/mol. The summed E-state index contributed by atoms with van der Waals surface area (Å²) in [6, 6.07) is 4.93. The van der Waals surface area contributed by atoms with Crippen LogP contribution in [-0.4, -0.2) is 42.7 Å². The van der Waals surface area contributed by atoms with Crippen molar-refractivity contribution in [2.75, 3.05) is 11.9 Å². The zero-order valence-corrected chi connectivity index (χ0v) is 16.6. The molecule has 4 rings (SSSR count). The third-order valence-electron chi connectivity index (χ3n) is 6.21. The molecule has 7 nitrogen and oxygen atoms in total. The number of nitrogens with zero attached hydrogens (tertiary/aromatic N) is 1. The summed E-state index contributed by atoms with van der Waals surface area (Å²) in [5, 5.41) is 5.72. The van der Waals surface area contributed by atoms with Gasteiger partial charge in [0.2, 0.25) is 21.8 Å². The molecule has 2 amide bonds. The van der Waals surface area contributed by atoms with Crippen LogP contribution in [0.5, 0.6) is 0 Å². The predicted octanol–water partition coefficient (Wildman–Crippen LogP) is 1.95. The van der Waals surface area contributed by atoms with Gasteiger partial charge in [0.15, 0.2) is 0 Å². The number of amides is 2. The number of sulfonamides is 1. The fourth-order valence-electron chi connectivity index (χ4n) is 4.62. The van der Waals surface area contributed by atoms with Crippen molar-refractivity contribution in [3.8, 4) is 0 Å². The molecule has 1 aromatic rings. The van der Waals surface area contributed by atoms with Crippen molar-refractivity contribution in [3.63, 3.8) is 0 Å². The number of carbonyl (C=O) groups is 2. The number of hydrogen-bond donors (Lipinski definition) is 2. The van der Waals surface area contributed by atoms with Gasteiger partial charge in [0.05, 0.1) is 4.90 Å². The summed E-state index contributed by atoms with van der Waals surface area (Å²) in [7, 11) is -3.65. The molecule has 8 heteroatoms. The maximum Gasteiger partial charge on any atom is 0.243 e. The fraction of sp³-hybridized carbons (Fsp3) is 0.500. The monoisotopic (exact) mass is 403 g/mol. The molecule has 2 fully saturated rings. The Labute approximate surface area is 165 Å². The minimum atomic E-state index is -3.65. The second kappa shape index (κ2) is 7.00. The second-order valence-corrected chi connectivity index (χ2v) is 9.79. The highest BCUT2D eigenvalue weighted by atomic mass is 32.2. The van der Waals surface area contributed by atoms with Crippen molar-refractivity contribution in [1.29, 1.82) is 0 Å². The van der Waals surface area contributed by atoms with E-state index in [1.807, 2.05) is 0 Å². The second-order valence-electron chi connectivity index (χ2n) is 7.92. The highest BCUT2D eigenvalue weighted by Crippen LogP contribution is 2.47. The standard InChI is InChI=1S/C20H25N3O4S/c1-2-18(24)21-15-8-11-23(20(13-15)9-3-10-20)28(26,27)16-5-6-17-14(12-16)4-7-19(25)22-17/h2,5-6,12,15H,1,3-4,7-11,13H2,(H,21,24)(H,22,25). The molecule has 2 aliphatic heterocycles. The van der Waals surface area contributed by atoms with Crippen LogP contribution >= 0.6 is 0 Å². The van der Waals surface area contributed by atoms with E-state index in [9.17, 15) is 18.0 Å². The molecule has 1 spiro atoms. The van der Waals surface area contributed by atoms with Crippen molar-refractivity contribution >= 4 is 27.5 Å². The summed E-state index contributed by atoms with van der Waals surface area (Å²) < 4.78 is 28.6. The van der Waals surface area contributed by atoms with E-state index in [0.29, 0.717) is 37.9 Å². The summed E-state index contributed by atoms with van der Waals surface area (Å²) in [6.45, 7) is 3.87. The lowest BCUT2D eigenvalue weighted by molar-refractivity contribution is -0.118. The van der Waals surface area contributed by atoms with E-state index in [1.54, 1.807) is 22.5 Å². The molecule has 0 aromatic heterocycles. The number of benzene rings is 1. The number of aryl methyl sites for hydroxylation is 1. The summed E-state index contributed by atoms with van der Waals surface area (Å²) in [4.78, 5) is 23.5. The van der Waals surface area contributed by atoms with Crippen LogP contribution < -0.4 is 10.6 Å². The summed E-state index contributed by atoms with van der Waals surface area (Å²) in [5.41, 5.74) is 1.14. The van der Waals surface area contributed by atoms with Crippen LogP contribution in [0.2, 0.25) is 0 Å². The van der Waals surface area contributed by atoms with Gasteiger partial charge in [-0.3, -0.25) is 9.59 Å². The zero-order valence-electron chi connectivity index (χ0n) is 15.7. The van der Waals surface area contributed by atoms with E-state index >= 15 is 0 Å². The van der Waals surface area contributed by atoms with Crippen LogP contribution in [0.3, 0.4) is 0 Å². The number of hydrogen-bond acceptors (Lipinski definition) is 4. The van der Waals surface area contributed by atoms with Gasteiger partial charge in [-0.25, -0.2) is 8.42 Å². The largest absolute Gasteiger partial charge is 0.350 e. The highest BCUT2D eigenvalue weighted by molar-refractivity contribution is 7.89. The van der Waals surface area contributed by atoms with Crippen LogP contribution in [0.4, 0.5) is 5.69 Å². The lowest BCUT2D eigenvalue weighted by atomic mass is 9.70. The molecule has 1 saturated carbocycles. The Kier molecular flexibility index (Phi) is 4.79. The quantitative estimate of drug-likeness (QED) is 0.751. The molecule has 28 heavy (non-hydrogen) atoms. The first kappa shape index (κ1) is 19.1. The first-order valence-corrected chi connectivity index (χ1v) is 11.2. The third kappa shape index (κ3) is 3.24. The maximum atomic E-state index is 13.5. The molecule has 1 saturated heterocycles. The molecule has 1 aromatic carbocycles. The third-order valence-corrected chi connectivity index (χ3v) is 8.21. The first-order chi connectivity index (χ1) is 13.3. The Morgan fingerprint density at radius 1 is 1.32 bits per heavy atom. The van der Waals surface area contributed by atoms with Gasteiger partial charge >= 0.3 is 0 Å². The SMILES string of the molecule is C=CC(=O)NC1CCN(S(=O)(=O)c2ccc3c(c2)CCC(=O)N3)C2(CCC2)C1. The molecule has 0 bridgehead atoms. The van der Waals surface area contributed by atoms with Gasteiger partial charge in [-0.2, -0.15) is 4.31 Å². The van der Waals surface area contributed by atoms with Crippen LogP contribution in [0, 0.1) is 0 Å². The average Bonchev–Trinajstić information content (AvgIpc) is 2.65. The smallest absolute Gasteiger partial charge is 0.243 e. The normalized spacial score (nSPS) is 24.0. The Bertz CT molecular complexity index is 937. The molecule has 2 N–H and O–H groups in total. The van der Waals surface area contributed by atoms with Crippen molar-refractivity contribution in [1.82, 2.24) is 9.62 Å². The van der Waals surface area contributed by atoms with Crippen molar-refractivity contribution in [2.24, 2.45) is 0 Å². The zero-order chi connectivity index (χ0) is 19.9. The van der Waals surface area contributed by atoms with E-state index < -0.39 is 15.6 Å². The number of carbonyl (C=O) groups excluding carboxylic acids is 2. The number of rotatable bonds is 4. The number of nitrogens with one attached hydrogen (secondary N) is 2. The van der Waals surface area contributed by atoms with E-state index in [2.05, 4.69) is 17.2 Å². The van der Waals surface area contributed by atoms with Gasteiger partial charge in [0.25, 0.3) is 0 Å². The molecule has 0 radical (unpaired) electrons. The van der Waals surface area contributed by atoms with E-state index in [0.717, 1.165) is 24.8 Å². The molecule has 1 atom stereocenters. The van der Waals surface area contributed by atoms with E-state index in [1.165, 1.54) is 6.08 Å². The number of piperidine rings is 1. The van der Waals surface area contributed by atoms with Gasteiger partial charge in [0.1, 0.15) is 0 Å². The minimum absolute atomic E-state index is 0.0315. The Morgan fingerprint density at radius 2 is 2.11 bits per heavy atom. The van der Waals surface area contributed by atoms with Crippen molar-refractivity contribution in [3.05, 3.63) is 36.4 Å². The Morgan fingerprint density at radius 3 is 2.79 bits per heavy atom. The molecule has 2 heterocycles. The molecule has 1 unspecified atom stereocenters. The summed E-state index contributed by atoms with van der Waals surface area (Å²) in [5.74, 6) is -0.257. The van der Waals surface area contributed by atoms with Crippen LogP contribution in [0.15, 0.2) is 35.7 Å². The lowest BCUT2D eigenvalue weighted by Crippen LogP contribution is -2.63. The fourth-order valence-corrected chi connectivity index (χ4v) is 6.52. The van der Waals surface area contributed by atoms with Crippen molar-refractivity contribution in [2.45, 2.75) is 61.4 Å². The summed E-state index contributed by atoms with van der Waals surface area (Å²) >= 11 is 0. The van der Waals surface area contributed by atoms with Crippen LogP contribution in [0.1, 0.15) is 44.1 Å². The topological polar surface area (TPSA) is 95.6 Å². The Hall–Kier alpha value is -2.19. The van der Waals surface area contributed by atoms with Crippen LogP contribution in [-0.2, 0) is 26.0 Å². The molecule has 3 aliphatic rings. The number of fused-ring (bicyclic) bond motifs is 1. The summed E-state index contributed by atoms with van der Waals surface area (Å²) in [6.07, 6.45) is 6.00. The minimum Gasteiger partial charge on any atom is -0.350 e. The molecule has 1 aliphatic carbocycles. The van der Waals surface area contributed by atoms with E-state index in [4.69, 9.17) is 0 Å². The van der Waals surface area contributed by atoms with E-state index in [-0.39, 0.29) is 22.8 Å². The van der Waals surface area contributed by atoms with Gasteiger partial charge in [0, 0.05) is 30.2 Å². The average molecular weight is 404 g/mol.